The number of fused-ring (bicyclic) bond motifs is 3. The van der Waals surface area contributed by atoms with Crippen molar-refractivity contribution < 1.29 is 4.39 Å². The van der Waals surface area contributed by atoms with Crippen LogP contribution in [0.3, 0.4) is 0 Å². The molecule has 0 saturated heterocycles. The number of halogens is 1. The van der Waals surface area contributed by atoms with Crippen LogP contribution in [0.5, 0.6) is 0 Å². The standard InChI is InChI=1S/C13H13FS/c14-9-6-7-11-10-4-2-1-3-5-12(10)15-13(11)8-9/h6-8H,1-5H2. The molecule has 1 heterocycles. The van der Waals surface area contributed by atoms with Crippen molar-refractivity contribution in [2.24, 2.45) is 0 Å². The first kappa shape index (κ1) is 9.34. The highest BCUT2D eigenvalue weighted by molar-refractivity contribution is 7.19. The van der Waals surface area contributed by atoms with E-state index in [1.54, 1.807) is 23.5 Å². The van der Waals surface area contributed by atoms with Crippen LogP contribution < -0.4 is 0 Å². The van der Waals surface area contributed by atoms with Crippen LogP contribution in [0.1, 0.15) is 29.7 Å². The van der Waals surface area contributed by atoms with Gasteiger partial charge in [-0.3, -0.25) is 0 Å². The third-order valence-electron chi connectivity index (χ3n) is 3.17. The lowest BCUT2D eigenvalue weighted by molar-refractivity contribution is 0.630. The first-order valence-corrected chi connectivity index (χ1v) is 6.36. The van der Waals surface area contributed by atoms with Crippen molar-refractivity contribution >= 4 is 21.4 Å². The van der Waals surface area contributed by atoms with Gasteiger partial charge in [0, 0.05) is 9.58 Å². The fourth-order valence-electron chi connectivity index (χ4n) is 2.41. The second-order valence-corrected chi connectivity index (χ2v) is 5.34. The van der Waals surface area contributed by atoms with Crippen molar-refractivity contribution in [2.75, 3.05) is 0 Å². The number of hydrogen-bond donors (Lipinski definition) is 0. The third kappa shape index (κ3) is 1.57. The zero-order chi connectivity index (χ0) is 10.3. The summed E-state index contributed by atoms with van der Waals surface area (Å²) in [4.78, 5) is 1.49. The summed E-state index contributed by atoms with van der Waals surface area (Å²) >= 11 is 1.79. The highest BCUT2D eigenvalue weighted by Gasteiger charge is 2.14. The average Bonchev–Trinajstić information content (AvgIpc) is 2.42. The van der Waals surface area contributed by atoms with Gasteiger partial charge in [0.15, 0.2) is 0 Å². The van der Waals surface area contributed by atoms with Crippen LogP contribution in [-0.4, -0.2) is 0 Å². The van der Waals surface area contributed by atoms with E-state index in [4.69, 9.17) is 0 Å². The molecule has 0 saturated carbocycles. The molecule has 0 radical (unpaired) electrons. The molecule has 1 aromatic carbocycles. The Hall–Kier alpha value is -0.890. The van der Waals surface area contributed by atoms with E-state index in [2.05, 4.69) is 0 Å². The molecule has 0 bridgehead atoms. The number of aryl methyl sites for hydroxylation is 2. The average molecular weight is 220 g/mol. The van der Waals surface area contributed by atoms with Crippen LogP contribution in [0.2, 0.25) is 0 Å². The summed E-state index contributed by atoms with van der Waals surface area (Å²) in [7, 11) is 0. The summed E-state index contributed by atoms with van der Waals surface area (Å²) in [5.41, 5.74) is 1.49. The van der Waals surface area contributed by atoms with Gasteiger partial charge in [-0.05, 0) is 48.8 Å². The summed E-state index contributed by atoms with van der Waals surface area (Å²) < 4.78 is 14.2. The number of hydrogen-bond acceptors (Lipinski definition) is 1. The molecule has 0 fully saturated rings. The fraction of sp³-hybridized carbons (Fsp3) is 0.385. The van der Waals surface area contributed by atoms with Gasteiger partial charge in [0.1, 0.15) is 5.82 Å². The maximum atomic E-state index is 13.1. The van der Waals surface area contributed by atoms with Gasteiger partial charge in [-0.1, -0.05) is 12.5 Å². The molecule has 0 spiro atoms. The van der Waals surface area contributed by atoms with Gasteiger partial charge in [-0.25, -0.2) is 4.39 Å². The van der Waals surface area contributed by atoms with Gasteiger partial charge in [0.2, 0.25) is 0 Å². The smallest absolute Gasteiger partial charge is 0.124 e. The Morgan fingerprint density at radius 3 is 2.87 bits per heavy atom. The summed E-state index contributed by atoms with van der Waals surface area (Å²) in [6.45, 7) is 0. The van der Waals surface area contributed by atoms with E-state index in [1.807, 2.05) is 6.07 Å². The zero-order valence-corrected chi connectivity index (χ0v) is 9.37. The maximum Gasteiger partial charge on any atom is 0.124 e. The van der Waals surface area contributed by atoms with Gasteiger partial charge in [-0.15, -0.1) is 11.3 Å². The van der Waals surface area contributed by atoms with Crippen molar-refractivity contribution in [3.63, 3.8) is 0 Å². The number of benzene rings is 1. The highest BCUT2D eigenvalue weighted by Crippen LogP contribution is 2.35. The van der Waals surface area contributed by atoms with Crippen LogP contribution in [0, 0.1) is 5.82 Å². The molecule has 0 unspecified atom stereocenters. The lowest BCUT2D eigenvalue weighted by Gasteiger charge is -1.97. The molecule has 2 aromatic rings. The molecular formula is C13H13FS. The molecule has 15 heavy (non-hydrogen) atoms. The minimum absolute atomic E-state index is 0.112. The predicted octanol–water partition coefficient (Wildman–Crippen LogP) is 4.31. The molecule has 78 valence electrons. The molecule has 2 heteroatoms. The van der Waals surface area contributed by atoms with E-state index in [-0.39, 0.29) is 5.82 Å². The van der Waals surface area contributed by atoms with Gasteiger partial charge in [0.25, 0.3) is 0 Å². The lowest BCUT2D eigenvalue weighted by atomic mass is 10.1. The molecule has 0 N–H and O–H groups in total. The van der Waals surface area contributed by atoms with Crippen LogP contribution in [-0.2, 0) is 12.8 Å². The number of rotatable bonds is 0. The van der Waals surface area contributed by atoms with Gasteiger partial charge in [-0.2, -0.15) is 0 Å². The summed E-state index contributed by atoms with van der Waals surface area (Å²) in [6.07, 6.45) is 6.29. The Balaban J connectivity index is 2.23. The molecular weight excluding hydrogens is 207 g/mol. The minimum atomic E-state index is -0.112. The van der Waals surface area contributed by atoms with E-state index in [1.165, 1.54) is 47.9 Å². The molecule has 0 aliphatic heterocycles. The van der Waals surface area contributed by atoms with E-state index in [9.17, 15) is 4.39 Å². The molecule has 3 rings (SSSR count). The zero-order valence-electron chi connectivity index (χ0n) is 8.55. The number of thiophene rings is 1. The quantitative estimate of drug-likeness (QED) is 0.580. The Morgan fingerprint density at radius 1 is 1.07 bits per heavy atom. The fourth-order valence-corrected chi connectivity index (χ4v) is 3.73. The van der Waals surface area contributed by atoms with Gasteiger partial charge >= 0.3 is 0 Å². The second kappa shape index (κ2) is 3.60. The van der Waals surface area contributed by atoms with E-state index in [0.717, 1.165) is 4.70 Å². The summed E-state index contributed by atoms with van der Waals surface area (Å²) in [5, 5.41) is 1.29. The van der Waals surface area contributed by atoms with Crippen LogP contribution >= 0.6 is 11.3 Å². The van der Waals surface area contributed by atoms with Crippen molar-refractivity contribution in [3.05, 3.63) is 34.5 Å². The normalized spacial score (nSPS) is 16.3. The maximum absolute atomic E-state index is 13.1. The first-order valence-electron chi connectivity index (χ1n) is 5.54. The van der Waals surface area contributed by atoms with Crippen molar-refractivity contribution in [3.8, 4) is 0 Å². The van der Waals surface area contributed by atoms with Crippen LogP contribution in [0.25, 0.3) is 10.1 Å². The Labute approximate surface area is 92.7 Å². The van der Waals surface area contributed by atoms with Crippen molar-refractivity contribution in [1.29, 1.82) is 0 Å². The molecule has 1 aliphatic carbocycles. The Morgan fingerprint density at radius 2 is 1.93 bits per heavy atom. The highest BCUT2D eigenvalue weighted by atomic mass is 32.1. The SMILES string of the molecule is Fc1ccc2c3c(sc2c1)CCCCC3. The molecule has 0 nitrogen and oxygen atoms in total. The first-order chi connectivity index (χ1) is 7.34. The molecule has 1 aliphatic rings. The molecule has 0 atom stereocenters. The van der Waals surface area contributed by atoms with E-state index < -0.39 is 0 Å². The minimum Gasteiger partial charge on any atom is -0.207 e. The monoisotopic (exact) mass is 220 g/mol. The van der Waals surface area contributed by atoms with Gasteiger partial charge < -0.3 is 0 Å². The molecule has 0 amide bonds. The largest absolute Gasteiger partial charge is 0.207 e. The van der Waals surface area contributed by atoms with Crippen LogP contribution in [0.15, 0.2) is 18.2 Å². The molecule has 1 aromatic heterocycles. The van der Waals surface area contributed by atoms with E-state index >= 15 is 0 Å². The predicted molar refractivity (Wildman–Crippen MR) is 63.0 cm³/mol. The third-order valence-corrected chi connectivity index (χ3v) is 4.42. The Kier molecular flexibility index (Phi) is 2.24. The Bertz CT molecular complexity index is 498. The lowest BCUT2D eigenvalue weighted by Crippen LogP contribution is -1.83. The van der Waals surface area contributed by atoms with E-state index in [0.29, 0.717) is 0 Å². The second-order valence-electron chi connectivity index (χ2n) is 4.20. The van der Waals surface area contributed by atoms with Gasteiger partial charge in [0.05, 0.1) is 0 Å². The topological polar surface area (TPSA) is 0 Å². The van der Waals surface area contributed by atoms with Crippen molar-refractivity contribution in [1.82, 2.24) is 0 Å². The summed E-state index contributed by atoms with van der Waals surface area (Å²) in [5.74, 6) is -0.112. The summed E-state index contributed by atoms with van der Waals surface area (Å²) in [6, 6.07) is 5.21. The van der Waals surface area contributed by atoms with Crippen molar-refractivity contribution in [2.45, 2.75) is 32.1 Å². The van der Waals surface area contributed by atoms with Crippen LogP contribution in [0.4, 0.5) is 4.39 Å².